The maximum atomic E-state index is 14.3. The Bertz CT molecular complexity index is 1990. The average molecular weight is 673 g/mol. The first-order chi connectivity index (χ1) is 23.3. The van der Waals surface area contributed by atoms with Crippen LogP contribution in [0, 0.1) is 6.92 Å². The third-order valence-electron chi connectivity index (χ3n) is 7.70. The Balaban J connectivity index is 1.59. The predicted octanol–water partition coefficient (Wildman–Crippen LogP) is 5.12. The molecule has 48 heavy (non-hydrogen) atoms. The fourth-order valence-corrected chi connectivity index (χ4v) is 6.49. The Morgan fingerprint density at radius 2 is 1.71 bits per heavy atom. The minimum Gasteiger partial charge on any atom is -0.493 e. The van der Waals surface area contributed by atoms with Crippen LogP contribution in [0.3, 0.4) is 0 Å². The van der Waals surface area contributed by atoms with Gasteiger partial charge in [-0.15, -0.1) is 0 Å². The predicted molar refractivity (Wildman–Crippen MR) is 184 cm³/mol. The summed E-state index contributed by atoms with van der Waals surface area (Å²) < 4.78 is 36.1. The molecular formula is C37H40N2O8S. The second kappa shape index (κ2) is 15.8. The molecule has 5 rings (SSSR count). The molecule has 11 heteroatoms. The molecule has 10 nitrogen and oxygen atoms in total. The zero-order chi connectivity index (χ0) is 34.2. The summed E-state index contributed by atoms with van der Waals surface area (Å²) in [5.41, 5.74) is 3.88. The van der Waals surface area contributed by atoms with Crippen LogP contribution in [-0.4, -0.2) is 51.7 Å². The number of rotatable bonds is 14. The zero-order valence-electron chi connectivity index (χ0n) is 28.0. The van der Waals surface area contributed by atoms with Crippen LogP contribution in [-0.2, 0) is 20.9 Å². The number of aryl methyl sites for hydroxylation is 1. The first kappa shape index (κ1) is 34.5. The molecule has 0 N–H and O–H groups in total. The Morgan fingerprint density at radius 3 is 2.44 bits per heavy atom. The number of allylic oxidation sites excluding steroid dienone is 1. The summed E-state index contributed by atoms with van der Waals surface area (Å²) >= 11 is 1.23. The van der Waals surface area contributed by atoms with Crippen molar-refractivity contribution >= 4 is 23.4 Å². The van der Waals surface area contributed by atoms with Gasteiger partial charge in [-0.1, -0.05) is 66.3 Å². The van der Waals surface area contributed by atoms with Gasteiger partial charge in [-0.25, -0.2) is 9.79 Å². The number of hydrogen-bond acceptors (Lipinski definition) is 10. The number of carbonyl (C=O) groups excluding carboxylic acids is 1. The third-order valence-corrected chi connectivity index (χ3v) is 8.68. The van der Waals surface area contributed by atoms with Crippen molar-refractivity contribution < 1.29 is 33.2 Å². The number of carbonyl (C=O) groups is 1. The SMILES string of the molecule is CCCOc1c(OC)cccc1[C@H]1C(C(=O)OCCOC)=C(C)N=c2s/c(=C/c3ccc(OCc4cccc(C)c4)c(OC)c3)c(=O)n21. The third kappa shape index (κ3) is 7.48. The van der Waals surface area contributed by atoms with Gasteiger partial charge < -0.3 is 28.4 Å². The highest BCUT2D eigenvalue weighted by atomic mass is 32.1. The summed E-state index contributed by atoms with van der Waals surface area (Å²) in [6, 6.07) is 18.2. The molecule has 252 valence electrons. The van der Waals surface area contributed by atoms with E-state index in [1.165, 1.54) is 23.0 Å². The molecule has 0 saturated carbocycles. The molecule has 0 bridgehead atoms. The van der Waals surface area contributed by atoms with Crippen LogP contribution in [0.1, 0.15) is 48.6 Å². The van der Waals surface area contributed by atoms with E-state index < -0.39 is 12.0 Å². The Labute approximate surface area is 283 Å². The molecule has 0 amide bonds. The van der Waals surface area contributed by atoms with Crippen LogP contribution in [0.5, 0.6) is 23.0 Å². The topological polar surface area (TPSA) is 107 Å². The first-order valence-electron chi connectivity index (χ1n) is 15.6. The molecule has 3 aromatic carbocycles. The van der Waals surface area contributed by atoms with E-state index in [0.717, 1.165) is 23.1 Å². The molecule has 0 saturated heterocycles. The average Bonchev–Trinajstić information content (AvgIpc) is 3.39. The number of thiazole rings is 1. The van der Waals surface area contributed by atoms with Crippen LogP contribution in [0.25, 0.3) is 6.08 Å². The van der Waals surface area contributed by atoms with E-state index in [9.17, 15) is 9.59 Å². The summed E-state index contributed by atoms with van der Waals surface area (Å²) in [7, 11) is 4.66. The number of benzene rings is 3. The lowest BCUT2D eigenvalue weighted by Crippen LogP contribution is -2.40. The Hall–Kier alpha value is -4.87. The van der Waals surface area contributed by atoms with Gasteiger partial charge in [-0.05, 0) is 55.7 Å². The monoisotopic (exact) mass is 672 g/mol. The molecule has 1 aliphatic heterocycles. The van der Waals surface area contributed by atoms with Gasteiger partial charge in [0.25, 0.3) is 5.56 Å². The van der Waals surface area contributed by atoms with E-state index in [1.807, 2.05) is 56.3 Å². The highest BCUT2D eigenvalue weighted by Gasteiger charge is 2.36. The first-order valence-corrected chi connectivity index (χ1v) is 16.5. The van der Waals surface area contributed by atoms with Crippen molar-refractivity contribution in [3.8, 4) is 23.0 Å². The molecule has 0 aliphatic carbocycles. The molecule has 1 atom stereocenters. The van der Waals surface area contributed by atoms with Crippen molar-refractivity contribution in [2.75, 3.05) is 41.2 Å². The minimum atomic E-state index is -0.882. The van der Waals surface area contributed by atoms with E-state index in [4.69, 9.17) is 33.4 Å². The van der Waals surface area contributed by atoms with E-state index in [-0.39, 0.29) is 24.3 Å². The number of aromatic nitrogens is 1. The van der Waals surface area contributed by atoms with Crippen molar-refractivity contribution in [3.05, 3.63) is 114 Å². The lowest BCUT2D eigenvalue weighted by atomic mass is 9.94. The number of fused-ring (bicyclic) bond motifs is 1. The molecular weight excluding hydrogens is 632 g/mol. The fraction of sp³-hybridized carbons (Fsp3) is 0.324. The number of ether oxygens (including phenoxy) is 6. The summed E-state index contributed by atoms with van der Waals surface area (Å²) in [6.45, 7) is 6.86. The fourth-order valence-electron chi connectivity index (χ4n) is 5.45. The van der Waals surface area contributed by atoms with Gasteiger partial charge >= 0.3 is 5.97 Å². The molecule has 2 heterocycles. The zero-order valence-corrected chi connectivity index (χ0v) is 28.8. The molecule has 4 aromatic rings. The van der Waals surface area contributed by atoms with Crippen molar-refractivity contribution in [2.45, 2.75) is 39.8 Å². The van der Waals surface area contributed by atoms with Crippen molar-refractivity contribution in [1.29, 1.82) is 0 Å². The van der Waals surface area contributed by atoms with E-state index in [0.29, 0.717) is 56.8 Å². The van der Waals surface area contributed by atoms with Gasteiger partial charge in [0.15, 0.2) is 27.8 Å². The molecule has 0 spiro atoms. The van der Waals surface area contributed by atoms with Gasteiger partial charge in [-0.3, -0.25) is 9.36 Å². The smallest absolute Gasteiger partial charge is 0.338 e. The summed E-state index contributed by atoms with van der Waals surface area (Å²) in [4.78, 5) is 33.1. The number of hydrogen-bond donors (Lipinski definition) is 0. The Kier molecular flexibility index (Phi) is 11.4. The van der Waals surface area contributed by atoms with Crippen LogP contribution >= 0.6 is 11.3 Å². The van der Waals surface area contributed by atoms with Gasteiger partial charge in [0.1, 0.15) is 19.3 Å². The highest BCUT2D eigenvalue weighted by molar-refractivity contribution is 7.07. The molecule has 1 aromatic heterocycles. The van der Waals surface area contributed by atoms with E-state index in [1.54, 1.807) is 39.4 Å². The summed E-state index contributed by atoms with van der Waals surface area (Å²) in [5.74, 6) is 1.46. The number of para-hydroxylation sites is 1. The minimum absolute atomic E-state index is 0.0487. The van der Waals surface area contributed by atoms with Gasteiger partial charge in [-0.2, -0.15) is 0 Å². The molecule has 1 aliphatic rings. The maximum absolute atomic E-state index is 14.3. The highest BCUT2D eigenvalue weighted by Crippen LogP contribution is 2.41. The van der Waals surface area contributed by atoms with Crippen molar-refractivity contribution in [1.82, 2.24) is 4.57 Å². The second-order valence-corrected chi connectivity index (χ2v) is 12.1. The molecule has 0 radical (unpaired) electrons. The van der Waals surface area contributed by atoms with E-state index in [2.05, 4.69) is 6.07 Å². The quantitative estimate of drug-likeness (QED) is 0.134. The van der Waals surface area contributed by atoms with Gasteiger partial charge in [0.2, 0.25) is 0 Å². The van der Waals surface area contributed by atoms with Gasteiger partial charge in [0, 0.05) is 12.7 Å². The second-order valence-electron chi connectivity index (χ2n) is 11.1. The van der Waals surface area contributed by atoms with Gasteiger partial charge in [0.05, 0.1) is 43.2 Å². The Morgan fingerprint density at radius 1 is 0.917 bits per heavy atom. The van der Waals surface area contributed by atoms with E-state index >= 15 is 0 Å². The normalized spacial score (nSPS) is 14.3. The maximum Gasteiger partial charge on any atom is 0.338 e. The molecule has 0 fully saturated rings. The van der Waals surface area contributed by atoms with Crippen LogP contribution in [0.4, 0.5) is 0 Å². The standard InChI is InChI=1S/C37H40N2O8S/c1-7-16-45-34-27(12-9-13-29(34)43-5)33-32(36(41)46-18-17-42-4)24(3)38-37-39(33)35(40)31(48-37)21-25-14-15-28(30(20-25)44-6)47-22-26-11-8-10-23(2)19-26/h8-15,19-21,33H,7,16-18,22H2,1-6H3/b31-21+/t33-/m0/s1. The van der Waals surface area contributed by atoms with Crippen molar-refractivity contribution in [2.24, 2.45) is 4.99 Å². The van der Waals surface area contributed by atoms with Crippen LogP contribution in [0.15, 0.2) is 81.7 Å². The van der Waals surface area contributed by atoms with Crippen LogP contribution < -0.4 is 33.8 Å². The molecule has 0 unspecified atom stereocenters. The lowest BCUT2D eigenvalue weighted by Gasteiger charge is -2.27. The van der Waals surface area contributed by atoms with Crippen LogP contribution in [0.2, 0.25) is 0 Å². The summed E-state index contributed by atoms with van der Waals surface area (Å²) in [6.07, 6.45) is 2.53. The number of esters is 1. The lowest BCUT2D eigenvalue weighted by molar-refractivity contribution is -0.140. The summed E-state index contributed by atoms with van der Waals surface area (Å²) in [5, 5.41) is 0. The van der Waals surface area contributed by atoms with Crippen molar-refractivity contribution in [3.63, 3.8) is 0 Å². The number of nitrogens with zero attached hydrogens (tertiary/aromatic N) is 2. The number of methoxy groups -OCH3 is 3. The largest absolute Gasteiger partial charge is 0.493 e.